The van der Waals surface area contributed by atoms with Gasteiger partial charge in [0.05, 0.1) is 0 Å². The van der Waals surface area contributed by atoms with E-state index < -0.39 is 46.4 Å². The van der Waals surface area contributed by atoms with E-state index in [1.165, 1.54) is 0 Å². The van der Waals surface area contributed by atoms with Crippen LogP contribution in [-0.2, 0) is 12.3 Å². The smallest absolute Gasteiger partial charge is 0.389 e. The zero-order chi connectivity index (χ0) is 18.0. The first-order valence-electron chi connectivity index (χ1n) is 7.50. The molecule has 0 fully saturated rings. The lowest BCUT2D eigenvalue weighted by Gasteiger charge is -2.41. The summed E-state index contributed by atoms with van der Waals surface area (Å²) < 4.78 is 56.3. The molecule has 1 atom stereocenters. The average Bonchev–Trinajstić information content (AvgIpc) is 2.04. The highest BCUT2D eigenvalue weighted by molar-refractivity contribution is 6.89. The Bertz CT molecular complexity index is 367. The molecule has 3 nitrogen and oxygen atoms in total. The molecule has 0 aromatic heterocycles. The Morgan fingerprint density at radius 2 is 0.962 bits per heavy atom. The van der Waals surface area contributed by atoms with Gasteiger partial charge in [-0.1, -0.05) is 29.7 Å². The van der Waals surface area contributed by atoms with E-state index in [2.05, 4.69) is 19.6 Å². The standard InChI is InChI=1S/C12H31F3O3Si4.4CH4/c1-19(2,3)16-21(7,8)18-22(9,17-20(4,5)6)11-10-12(13,14)15;;;;/h10-11H2,1-9H3;4*1H4. The second-order valence-corrected chi connectivity index (χ2v) is 24.6. The van der Waals surface area contributed by atoms with Crippen molar-refractivity contribution in [2.75, 3.05) is 0 Å². The summed E-state index contributed by atoms with van der Waals surface area (Å²) in [4.78, 5) is 0. The van der Waals surface area contributed by atoms with Crippen molar-refractivity contribution in [2.24, 2.45) is 0 Å². The van der Waals surface area contributed by atoms with E-state index in [1.54, 1.807) is 6.55 Å². The van der Waals surface area contributed by atoms with Crippen LogP contribution in [0.5, 0.6) is 0 Å². The maximum Gasteiger partial charge on any atom is 0.389 e. The van der Waals surface area contributed by atoms with Crippen LogP contribution in [-0.4, -0.2) is 39.9 Å². The Labute approximate surface area is 166 Å². The zero-order valence-electron chi connectivity index (χ0n) is 15.3. The molecule has 0 aromatic rings. The van der Waals surface area contributed by atoms with Gasteiger partial charge in [-0.3, -0.25) is 0 Å². The van der Waals surface area contributed by atoms with Gasteiger partial charge >= 0.3 is 23.3 Å². The molecular formula is C16H47F3O3Si4. The predicted molar refractivity (Wildman–Crippen MR) is 121 cm³/mol. The zero-order valence-corrected chi connectivity index (χ0v) is 19.3. The van der Waals surface area contributed by atoms with Crippen LogP contribution >= 0.6 is 0 Å². The average molecular weight is 457 g/mol. The predicted octanol–water partition coefficient (Wildman–Crippen LogP) is 7.98. The van der Waals surface area contributed by atoms with E-state index in [9.17, 15) is 13.2 Å². The second-order valence-electron chi connectivity index (χ2n) is 8.18. The molecule has 0 saturated carbocycles. The molecule has 0 saturated heterocycles. The highest BCUT2D eigenvalue weighted by atomic mass is 28.5. The van der Waals surface area contributed by atoms with Crippen molar-refractivity contribution < 1.29 is 25.5 Å². The fraction of sp³-hybridized carbons (Fsp3) is 1.00. The maximum absolute atomic E-state index is 12.6. The molecule has 0 radical (unpaired) electrons. The summed E-state index contributed by atoms with van der Waals surface area (Å²) in [6.45, 7) is 17.6. The molecule has 10 heteroatoms. The third-order valence-corrected chi connectivity index (χ3v) is 15.8. The number of hydrogen-bond donors (Lipinski definition) is 0. The first-order valence-corrected chi connectivity index (χ1v) is 19.7. The van der Waals surface area contributed by atoms with Gasteiger partial charge in [0.1, 0.15) is 0 Å². The number of halogens is 3. The largest absolute Gasteiger partial charge is 0.437 e. The molecule has 1 unspecified atom stereocenters. The molecule has 26 heavy (non-hydrogen) atoms. The first kappa shape index (κ1) is 37.3. The van der Waals surface area contributed by atoms with Crippen LogP contribution in [0.15, 0.2) is 0 Å². The van der Waals surface area contributed by atoms with Crippen molar-refractivity contribution in [2.45, 2.75) is 107 Å². The fourth-order valence-corrected chi connectivity index (χ4v) is 20.3. The number of rotatable bonds is 8. The van der Waals surface area contributed by atoms with Crippen LogP contribution in [0, 0.1) is 0 Å². The number of hydrogen-bond acceptors (Lipinski definition) is 3. The summed E-state index contributed by atoms with van der Waals surface area (Å²) >= 11 is 0. The normalized spacial score (nSPS) is 14.8. The van der Waals surface area contributed by atoms with Crippen molar-refractivity contribution in [1.82, 2.24) is 0 Å². The number of alkyl halides is 3. The second kappa shape index (κ2) is 12.2. The molecule has 0 spiro atoms. The van der Waals surface area contributed by atoms with Crippen molar-refractivity contribution >= 4 is 33.8 Å². The summed E-state index contributed by atoms with van der Waals surface area (Å²) in [5, 5.41) is 0. The molecule has 0 rings (SSSR count). The fourth-order valence-electron chi connectivity index (χ4n) is 2.42. The Hall–Kier alpha value is 0.538. The quantitative estimate of drug-likeness (QED) is 0.346. The van der Waals surface area contributed by atoms with Crippen LogP contribution in [0.25, 0.3) is 0 Å². The van der Waals surface area contributed by atoms with E-state index in [1.807, 2.05) is 32.7 Å². The van der Waals surface area contributed by atoms with Crippen molar-refractivity contribution in [3.63, 3.8) is 0 Å². The molecule has 0 heterocycles. The van der Waals surface area contributed by atoms with Gasteiger partial charge in [0.15, 0.2) is 16.6 Å². The molecule has 0 aliphatic carbocycles. The van der Waals surface area contributed by atoms with Gasteiger partial charge in [-0.25, -0.2) is 0 Å². The monoisotopic (exact) mass is 456 g/mol. The molecule has 0 N–H and O–H groups in total. The van der Waals surface area contributed by atoms with E-state index in [0.29, 0.717) is 0 Å². The summed E-state index contributed by atoms with van der Waals surface area (Å²) in [5.74, 6) is 0. The Morgan fingerprint density at radius 1 is 0.615 bits per heavy atom. The van der Waals surface area contributed by atoms with Gasteiger partial charge in [0.2, 0.25) is 0 Å². The van der Waals surface area contributed by atoms with E-state index in [4.69, 9.17) is 12.3 Å². The summed E-state index contributed by atoms with van der Waals surface area (Å²) in [6, 6.07) is -0.0771. The molecule has 0 amide bonds. The molecule has 0 aliphatic rings. The summed E-state index contributed by atoms with van der Waals surface area (Å²) in [6.07, 6.45) is -5.05. The van der Waals surface area contributed by atoms with Crippen LogP contribution in [0.1, 0.15) is 36.1 Å². The lowest BCUT2D eigenvalue weighted by molar-refractivity contribution is -0.131. The van der Waals surface area contributed by atoms with Crippen LogP contribution in [0.4, 0.5) is 13.2 Å². The lowest BCUT2D eigenvalue weighted by Crippen LogP contribution is -2.57. The lowest BCUT2D eigenvalue weighted by atomic mass is 10.5. The van der Waals surface area contributed by atoms with Gasteiger partial charge in [-0.05, 0) is 65.0 Å². The van der Waals surface area contributed by atoms with Gasteiger partial charge in [-0.15, -0.1) is 0 Å². The molecule has 0 bridgehead atoms. The van der Waals surface area contributed by atoms with Gasteiger partial charge < -0.3 is 12.3 Å². The van der Waals surface area contributed by atoms with Crippen LogP contribution in [0.2, 0.25) is 65.0 Å². The Balaban J connectivity index is -0.000000367. The minimum absolute atomic E-state index is 0. The minimum Gasteiger partial charge on any atom is -0.437 e. The van der Waals surface area contributed by atoms with Gasteiger partial charge in [0.25, 0.3) is 0 Å². The first-order chi connectivity index (χ1) is 9.33. The van der Waals surface area contributed by atoms with Crippen LogP contribution < -0.4 is 0 Å². The Morgan fingerprint density at radius 3 is 1.23 bits per heavy atom. The summed E-state index contributed by atoms with van der Waals surface area (Å²) in [5.41, 5.74) is 0. The molecular weight excluding hydrogens is 410 g/mol. The van der Waals surface area contributed by atoms with E-state index in [0.717, 1.165) is 0 Å². The van der Waals surface area contributed by atoms with Crippen molar-refractivity contribution in [3.05, 3.63) is 0 Å². The van der Waals surface area contributed by atoms with Crippen LogP contribution in [0.3, 0.4) is 0 Å². The van der Waals surface area contributed by atoms with E-state index >= 15 is 0 Å². The van der Waals surface area contributed by atoms with Crippen molar-refractivity contribution in [1.29, 1.82) is 0 Å². The van der Waals surface area contributed by atoms with Crippen molar-refractivity contribution in [3.8, 4) is 0 Å². The van der Waals surface area contributed by atoms with Gasteiger partial charge in [0, 0.05) is 6.42 Å². The summed E-state index contributed by atoms with van der Waals surface area (Å²) in [7, 11) is -9.26. The molecule has 166 valence electrons. The highest BCUT2D eigenvalue weighted by Gasteiger charge is 2.46. The van der Waals surface area contributed by atoms with E-state index in [-0.39, 0.29) is 35.8 Å². The third-order valence-electron chi connectivity index (χ3n) is 2.40. The molecule has 0 aromatic carbocycles. The SMILES string of the molecule is C.C.C.C.C[Si](C)(C)O[Si](C)(C)O[Si](C)(CCC(F)(F)F)O[Si](C)(C)C. The third kappa shape index (κ3) is 20.8. The topological polar surface area (TPSA) is 27.7 Å². The maximum atomic E-state index is 12.6. The highest BCUT2D eigenvalue weighted by Crippen LogP contribution is 2.32. The molecule has 0 aliphatic heterocycles. The Kier molecular flexibility index (Phi) is 17.5. The minimum atomic E-state index is -4.19. The van der Waals surface area contributed by atoms with Gasteiger partial charge in [-0.2, -0.15) is 13.2 Å².